The van der Waals surface area contributed by atoms with E-state index in [1.165, 1.54) is 22.8 Å². The fourth-order valence-electron chi connectivity index (χ4n) is 1.13. The molecule has 1 aromatic heterocycles. The van der Waals surface area contributed by atoms with Gasteiger partial charge in [-0.05, 0) is 17.9 Å². The zero-order chi connectivity index (χ0) is 13.8. The monoisotopic (exact) mass is 294 g/mol. The van der Waals surface area contributed by atoms with E-state index < -0.39 is 32.1 Å². The number of thiophene rings is 1. The fourth-order valence-corrected chi connectivity index (χ4v) is 3.39. The van der Waals surface area contributed by atoms with Gasteiger partial charge in [-0.25, -0.2) is 4.79 Å². The first kappa shape index (κ1) is 14.8. The second-order valence-corrected chi connectivity index (χ2v) is 5.91. The molecule has 0 spiro atoms. The lowest BCUT2D eigenvalue weighted by molar-refractivity contribution is -0.146. The number of carboxylic acid groups (broad SMARTS) is 2. The van der Waals surface area contributed by atoms with E-state index in [-0.39, 0.29) is 11.7 Å². The van der Waals surface area contributed by atoms with Crippen LogP contribution in [0.25, 0.3) is 0 Å². The molecule has 0 bridgehead atoms. The summed E-state index contributed by atoms with van der Waals surface area (Å²) in [5.74, 6) is -2.67. The lowest BCUT2D eigenvalue weighted by atomic mass is 10.2. The summed E-state index contributed by atoms with van der Waals surface area (Å²) in [4.78, 5) is 30.7. The van der Waals surface area contributed by atoms with Crippen molar-refractivity contribution in [1.29, 1.82) is 0 Å². The standard InChI is InChI=1S/C9H11O7PS/c10-8(11)2-1-7(9(12)13)16-17(14,15)6-3-4-18-5-6/h3-5,7H,1-2H2,(H,10,11)(H,12,13)(H,14,15). The highest BCUT2D eigenvalue weighted by Gasteiger charge is 2.31. The Hall–Kier alpha value is -1.21. The molecule has 0 aliphatic carbocycles. The summed E-state index contributed by atoms with van der Waals surface area (Å²) in [6, 6.07) is 1.35. The number of aliphatic carboxylic acids is 2. The Balaban J connectivity index is 2.74. The Kier molecular flexibility index (Phi) is 5.03. The Morgan fingerprint density at radius 1 is 1.44 bits per heavy atom. The molecule has 0 saturated carbocycles. The molecule has 3 N–H and O–H groups in total. The first-order chi connectivity index (χ1) is 8.33. The zero-order valence-electron chi connectivity index (χ0n) is 9.05. The first-order valence-corrected chi connectivity index (χ1v) is 7.33. The summed E-state index contributed by atoms with van der Waals surface area (Å²) < 4.78 is 16.4. The van der Waals surface area contributed by atoms with Crippen LogP contribution in [0.1, 0.15) is 12.8 Å². The summed E-state index contributed by atoms with van der Waals surface area (Å²) in [5, 5.41) is 20.2. The Morgan fingerprint density at radius 2 is 2.11 bits per heavy atom. The van der Waals surface area contributed by atoms with Gasteiger partial charge in [0.05, 0.1) is 5.30 Å². The highest BCUT2D eigenvalue weighted by molar-refractivity contribution is 7.61. The van der Waals surface area contributed by atoms with Gasteiger partial charge in [-0.2, -0.15) is 11.3 Å². The molecule has 100 valence electrons. The molecular weight excluding hydrogens is 283 g/mol. The average Bonchev–Trinajstić information content (AvgIpc) is 2.77. The summed E-state index contributed by atoms with van der Waals surface area (Å²) in [6.45, 7) is 0. The van der Waals surface area contributed by atoms with Crippen LogP contribution in [-0.4, -0.2) is 33.1 Å². The second-order valence-electron chi connectivity index (χ2n) is 3.37. The molecule has 7 nitrogen and oxygen atoms in total. The van der Waals surface area contributed by atoms with E-state index in [4.69, 9.17) is 10.2 Å². The third-order valence-electron chi connectivity index (χ3n) is 2.00. The highest BCUT2D eigenvalue weighted by Crippen LogP contribution is 2.43. The summed E-state index contributed by atoms with van der Waals surface area (Å²) >= 11 is 1.17. The van der Waals surface area contributed by atoms with Crippen LogP contribution in [0.3, 0.4) is 0 Å². The molecule has 0 radical (unpaired) electrons. The highest BCUT2D eigenvalue weighted by atomic mass is 32.1. The molecule has 0 fully saturated rings. The molecule has 1 aromatic rings. The molecule has 0 aliphatic heterocycles. The maximum absolute atomic E-state index is 11.8. The summed E-state index contributed by atoms with van der Waals surface area (Å²) in [5.41, 5.74) is 0. The van der Waals surface area contributed by atoms with Crippen molar-refractivity contribution < 1.29 is 33.8 Å². The smallest absolute Gasteiger partial charge is 0.360 e. The molecule has 1 rings (SSSR count). The van der Waals surface area contributed by atoms with Gasteiger partial charge in [0, 0.05) is 11.8 Å². The molecule has 2 atom stereocenters. The molecule has 0 amide bonds. The van der Waals surface area contributed by atoms with Gasteiger partial charge in [0.15, 0.2) is 6.10 Å². The fraction of sp³-hybridized carbons (Fsp3) is 0.333. The van der Waals surface area contributed by atoms with Crippen molar-refractivity contribution in [3.05, 3.63) is 16.8 Å². The van der Waals surface area contributed by atoms with E-state index in [1.54, 1.807) is 5.38 Å². The third kappa shape index (κ3) is 4.23. The van der Waals surface area contributed by atoms with E-state index in [0.717, 1.165) is 0 Å². The molecule has 0 saturated heterocycles. The van der Waals surface area contributed by atoms with Crippen molar-refractivity contribution in [2.24, 2.45) is 0 Å². The number of carboxylic acids is 2. The van der Waals surface area contributed by atoms with E-state index in [9.17, 15) is 19.0 Å². The normalized spacial score (nSPS) is 15.8. The van der Waals surface area contributed by atoms with Crippen LogP contribution >= 0.6 is 18.9 Å². The van der Waals surface area contributed by atoms with Crippen LogP contribution in [0.15, 0.2) is 16.8 Å². The zero-order valence-corrected chi connectivity index (χ0v) is 10.8. The maximum atomic E-state index is 11.8. The van der Waals surface area contributed by atoms with E-state index in [1.807, 2.05) is 0 Å². The predicted molar refractivity (Wildman–Crippen MR) is 63.2 cm³/mol. The Bertz CT molecular complexity index is 469. The molecule has 0 aliphatic rings. The van der Waals surface area contributed by atoms with Gasteiger partial charge in [0.2, 0.25) is 0 Å². The van der Waals surface area contributed by atoms with Crippen molar-refractivity contribution >= 4 is 36.2 Å². The van der Waals surface area contributed by atoms with Gasteiger partial charge < -0.3 is 15.1 Å². The molecule has 9 heteroatoms. The lowest BCUT2D eigenvalue weighted by Gasteiger charge is -2.16. The molecule has 1 heterocycles. The van der Waals surface area contributed by atoms with Gasteiger partial charge in [-0.15, -0.1) is 0 Å². The van der Waals surface area contributed by atoms with Crippen LogP contribution in [0.4, 0.5) is 0 Å². The molecule has 0 aromatic carbocycles. The van der Waals surface area contributed by atoms with E-state index >= 15 is 0 Å². The summed E-state index contributed by atoms with van der Waals surface area (Å²) in [6.07, 6.45) is -2.46. The molecule has 18 heavy (non-hydrogen) atoms. The van der Waals surface area contributed by atoms with Crippen LogP contribution in [0.5, 0.6) is 0 Å². The van der Waals surface area contributed by atoms with Crippen molar-refractivity contribution in [3.63, 3.8) is 0 Å². The third-order valence-corrected chi connectivity index (χ3v) is 4.33. The van der Waals surface area contributed by atoms with Gasteiger partial charge >= 0.3 is 19.5 Å². The first-order valence-electron chi connectivity index (χ1n) is 4.81. The molecule has 2 unspecified atom stereocenters. The van der Waals surface area contributed by atoms with E-state index in [0.29, 0.717) is 0 Å². The van der Waals surface area contributed by atoms with Crippen molar-refractivity contribution in [1.82, 2.24) is 0 Å². The summed E-state index contributed by atoms with van der Waals surface area (Å²) in [7, 11) is -4.23. The quantitative estimate of drug-likeness (QED) is 0.638. The predicted octanol–water partition coefficient (Wildman–Crippen LogP) is 0.893. The van der Waals surface area contributed by atoms with Crippen LogP contribution in [-0.2, 0) is 18.7 Å². The van der Waals surface area contributed by atoms with Gasteiger partial charge in [0.25, 0.3) is 0 Å². The number of hydrogen-bond donors (Lipinski definition) is 3. The largest absolute Gasteiger partial charge is 0.481 e. The van der Waals surface area contributed by atoms with Crippen LogP contribution in [0.2, 0.25) is 0 Å². The van der Waals surface area contributed by atoms with Crippen molar-refractivity contribution in [2.75, 3.05) is 0 Å². The Morgan fingerprint density at radius 3 is 2.56 bits per heavy atom. The van der Waals surface area contributed by atoms with Crippen LogP contribution in [0, 0.1) is 0 Å². The minimum atomic E-state index is -4.23. The minimum absolute atomic E-state index is 0.00549. The van der Waals surface area contributed by atoms with Crippen LogP contribution < -0.4 is 5.30 Å². The minimum Gasteiger partial charge on any atom is -0.481 e. The number of carbonyl (C=O) groups is 2. The van der Waals surface area contributed by atoms with Gasteiger partial charge in [-0.3, -0.25) is 13.9 Å². The van der Waals surface area contributed by atoms with E-state index in [2.05, 4.69) is 4.52 Å². The van der Waals surface area contributed by atoms with Gasteiger partial charge in [-0.1, -0.05) is 0 Å². The second kappa shape index (κ2) is 6.10. The van der Waals surface area contributed by atoms with Crippen molar-refractivity contribution in [2.45, 2.75) is 18.9 Å². The maximum Gasteiger partial charge on any atom is 0.360 e. The average molecular weight is 294 g/mol. The SMILES string of the molecule is O=C(O)CCC(OP(=O)(O)c1ccsc1)C(=O)O. The topological polar surface area (TPSA) is 121 Å². The molecular formula is C9H11O7PS. The van der Waals surface area contributed by atoms with Gasteiger partial charge in [0.1, 0.15) is 0 Å². The lowest BCUT2D eigenvalue weighted by Crippen LogP contribution is -2.25. The number of rotatable bonds is 7. The Labute approximate surface area is 106 Å². The number of hydrogen-bond acceptors (Lipinski definition) is 5. The van der Waals surface area contributed by atoms with Crippen molar-refractivity contribution in [3.8, 4) is 0 Å².